The van der Waals surface area contributed by atoms with Crippen LogP contribution in [-0.2, 0) is 4.79 Å². The third-order valence-corrected chi connectivity index (χ3v) is 3.75. The Kier molecular flexibility index (Phi) is 4.29. The van der Waals surface area contributed by atoms with Crippen molar-refractivity contribution in [3.8, 4) is 5.75 Å². The second kappa shape index (κ2) is 6.53. The summed E-state index contributed by atoms with van der Waals surface area (Å²) in [7, 11) is 0. The van der Waals surface area contributed by atoms with Gasteiger partial charge in [0.2, 0.25) is 0 Å². The van der Waals surface area contributed by atoms with Gasteiger partial charge >= 0.3 is 0 Å². The summed E-state index contributed by atoms with van der Waals surface area (Å²) in [5.74, 6) is 0.526. The van der Waals surface area contributed by atoms with Crippen LogP contribution in [0.2, 0.25) is 0 Å². The number of ether oxygens (including phenoxy) is 1. The minimum Gasteiger partial charge on any atom is -0.481 e. The lowest BCUT2D eigenvalue weighted by atomic mass is 10.1. The first-order valence-electron chi connectivity index (χ1n) is 7.65. The molecule has 0 spiro atoms. The Balaban J connectivity index is 1.74. The molecule has 0 fully saturated rings. The predicted molar refractivity (Wildman–Crippen MR) is 93.8 cm³/mol. The molecule has 1 N–H and O–H groups in total. The summed E-state index contributed by atoms with van der Waals surface area (Å²) >= 11 is 0. The molecule has 3 nitrogen and oxygen atoms in total. The zero-order valence-electron chi connectivity index (χ0n) is 13.2. The standard InChI is InChI=1S/C20H19NO2/c1-14-10-12-17(13-11-14)23-15(2)20(22)21-19-9-5-7-16-6-3-4-8-18(16)19/h3-13,15H,1-2H3,(H,21,22)/t15-/m0/s1. The maximum Gasteiger partial charge on any atom is 0.265 e. The van der Waals surface area contributed by atoms with Crippen LogP contribution < -0.4 is 10.1 Å². The summed E-state index contributed by atoms with van der Waals surface area (Å²) in [6.45, 7) is 3.76. The molecule has 0 aromatic heterocycles. The van der Waals surface area contributed by atoms with Crippen LogP contribution in [0.1, 0.15) is 12.5 Å². The van der Waals surface area contributed by atoms with Crippen LogP contribution in [0, 0.1) is 6.92 Å². The molecule has 3 heteroatoms. The first-order chi connectivity index (χ1) is 11.1. The Morgan fingerprint density at radius 3 is 2.43 bits per heavy atom. The Morgan fingerprint density at radius 2 is 1.65 bits per heavy atom. The molecular formula is C20H19NO2. The van der Waals surface area contributed by atoms with Crippen molar-refractivity contribution in [2.24, 2.45) is 0 Å². The third kappa shape index (κ3) is 3.51. The Bertz CT molecular complexity index is 819. The maximum absolute atomic E-state index is 12.4. The van der Waals surface area contributed by atoms with Crippen LogP contribution in [-0.4, -0.2) is 12.0 Å². The molecule has 23 heavy (non-hydrogen) atoms. The summed E-state index contributed by atoms with van der Waals surface area (Å²) < 4.78 is 5.70. The Hall–Kier alpha value is -2.81. The minimum atomic E-state index is -0.573. The van der Waals surface area contributed by atoms with E-state index in [0.717, 1.165) is 22.0 Å². The molecule has 0 saturated heterocycles. The topological polar surface area (TPSA) is 38.3 Å². The minimum absolute atomic E-state index is 0.165. The zero-order chi connectivity index (χ0) is 16.2. The van der Waals surface area contributed by atoms with Gasteiger partial charge in [-0.2, -0.15) is 0 Å². The molecule has 0 aliphatic carbocycles. The number of hydrogen-bond donors (Lipinski definition) is 1. The summed E-state index contributed by atoms with van der Waals surface area (Å²) in [5, 5.41) is 5.07. The normalized spacial score (nSPS) is 11.9. The summed E-state index contributed by atoms with van der Waals surface area (Å²) in [4.78, 5) is 12.4. The highest BCUT2D eigenvalue weighted by Gasteiger charge is 2.15. The number of aryl methyl sites for hydroxylation is 1. The number of rotatable bonds is 4. The molecule has 0 unspecified atom stereocenters. The van der Waals surface area contributed by atoms with Gasteiger partial charge in [0.1, 0.15) is 5.75 Å². The first-order valence-corrected chi connectivity index (χ1v) is 7.65. The van der Waals surface area contributed by atoms with Gasteiger partial charge in [-0.25, -0.2) is 0 Å². The van der Waals surface area contributed by atoms with Crippen LogP contribution in [0.25, 0.3) is 10.8 Å². The van der Waals surface area contributed by atoms with Gasteiger partial charge in [0.25, 0.3) is 5.91 Å². The Morgan fingerprint density at radius 1 is 0.957 bits per heavy atom. The first kappa shape index (κ1) is 15.1. The quantitative estimate of drug-likeness (QED) is 0.767. The van der Waals surface area contributed by atoms with Crippen molar-refractivity contribution < 1.29 is 9.53 Å². The molecule has 3 rings (SSSR count). The summed E-state index contributed by atoms with van der Waals surface area (Å²) in [6, 6.07) is 21.5. The fourth-order valence-corrected chi connectivity index (χ4v) is 2.44. The highest BCUT2D eigenvalue weighted by Crippen LogP contribution is 2.23. The van der Waals surface area contributed by atoms with E-state index in [2.05, 4.69) is 5.32 Å². The highest BCUT2D eigenvalue weighted by molar-refractivity contribution is 6.03. The predicted octanol–water partition coefficient (Wildman–Crippen LogP) is 4.55. The number of carbonyl (C=O) groups excluding carboxylic acids is 1. The molecule has 1 amide bonds. The van der Waals surface area contributed by atoms with Crippen LogP contribution >= 0.6 is 0 Å². The smallest absolute Gasteiger partial charge is 0.265 e. The van der Waals surface area contributed by atoms with E-state index in [1.165, 1.54) is 0 Å². The van der Waals surface area contributed by atoms with Crippen molar-refractivity contribution in [1.82, 2.24) is 0 Å². The van der Waals surface area contributed by atoms with E-state index < -0.39 is 6.10 Å². The maximum atomic E-state index is 12.4. The second-order valence-corrected chi connectivity index (χ2v) is 5.59. The van der Waals surface area contributed by atoms with Crippen molar-refractivity contribution in [2.75, 3.05) is 5.32 Å². The van der Waals surface area contributed by atoms with Crippen LogP contribution in [0.3, 0.4) is 0 Å². The molecule has 3 aromatic carbocycles. The fraction of sp³-hybridized carbons (Fsp3) is 0.150. The molecule has 1 atom stereocenters. The number of benzene rings is 3. The number of amides is 1. The lowest BCUT2D eigenvalue weighted by Crippen LogP contribution is -2.30. The third-order valence-electron chi connectivity index (χ3n) is 3.75. The van der Waals surface area contributed by atoms with Crippen molar-refractivity contribution in [3.05, 3.63) is 72.3 Å². The van der Waals surface area contributed by atoms with Crippen molar-refractivity contribution in [3.63, 3.8) is 0 Å². The average Bonchev–Trinajstić information content (AvgIpc) is 2.57. The largest absolute Gasteiger partial charge is 0.481 e. The summed E-state index contributed by atoms with van der Waals surface area (Å²) in [5.41, 5.74) is 1.96. The van der Waals surface area contributed by atoms with Gasteiger partial charge in [-0.05, 0) is 37.4 Å². The molecule has 3 aromatic rings. The van der Waals surface area contributed by atoms with Gasteiger partial charge in [-0.15, -0.1) is 0 Å². The van der Waals surface area contributed by atoms with Crippen molar-refractivity contribution in [2.45, 2.75) is 20.0 Å². The SMILES string of the molecule is Cc1ccc(O[C@@H](C)C(=O)Nc2cccc3ccccc23)cc1. The lowest BCUT2D eigenvalue weighted by Gasteiger charge is -2.16. The number of fused-ring (bicyclic) bond motifs is 1. The molecule has 0 saturated carbocycles. The molecule has 0 bridgehead atoms. The molecule has 116 valence electrons. The van der Waals surface area contributed by atoms with E-state index in [1.54, 1.807) is 6.92 Å². The number of hydrogen-bond acceptors (Lipinski definition) is 2. The second-order valence-electron chi connectivity index (χ2n) is 5.59. The van der Waals surface area contributed by atoms with Crippen molar-refractivity contribution >= 4 is 22.4 Å². The molecule has 0 aliphatic rings. The van der Waals surface area contributed by atoms with Crippen LogP contribution in [0.5, 0.6) is 5.75 Å². The molecule has 0 aliphatic heterocycles. The highest BCUT2D eigenvalue weighted by atomic mass is 16.5. The lowest BCUT2D eigenvalue weighted by molar-refractivity contribution is -0.122. The van der Waals surface area contributed by atoms with Crippen LogP contribution in [0.4, 0.5) is 5.69 Å². The van der Waals surface area contributed by atoms with E-state index in [1.807, 2.05) is 73.7 Å². The van der Waals surface area contributed by atoms with Gasteiger partial charge in [-0.3, -0.25) is 4.79 Å². The Labute approximate surface area is 135 Å². The van der Waals surface area contributed by atoms with Gasteiger partial charge in [0, 0.05) is 11.1 Å². The van der Waals surface area contributed by atoms with Crippen molar-refractivity contribution in [1.29, 1.82) is 0 Å². The molecular weight excluding hydrogens is 286 g/mol. The van der Waals surface area contributed by atoms with E-state index >= 15 is 0 Å². The average molecular weight is 305 g/mol. The van der Waals surface area contributed by atoms with E-state index in [0.29, 0.717) is 5.75 Å². The van der Waals surface area contributed by atoms with Gasteiger partial charge in [-0.1, -0.05) is 54.1 Å². The van der Waals surface area contributed by atoms with Gasteiger partial charge in [0.15, 0.2) is 6.10 Å². The molecule has 0 heterocycles. The summed E-state index contributed by atoms with van der Waals surface area (Å²) in [6.07, 6.45) is -0.573. The number of nitrogens with one attached hydrogen (secondary N) is 1. The van der Waals surface area contributed by atoms with E-state index in [9.17, 15) is 4.79 Å². The molecule has 0 radical (unpaired) electrons. The van der Waals surface area contributed by atoms with E-state index in [4.69, 9.17) is 4.74 Å². The number of carbonyl (C=O) groups is 1. The zero-order valence-corrected chi connectivity index (χ0v) is 13.2. The number of anilines is 1. The van der Waals surface area contributed by atoms with Gasteiger partial charge in [0.05, 0.1) is 0 Å². The fourth-order valence-electron chi connectivity index (χ4n) is 2.44. The monoisotopic (exact) mass is 305 g/mol. The van der Waals surface area contributed by atoms with E-state index in [-0.39, 0.29) is 5.91 Å². The van der Waals surface area contributed by atoms with Crippen LogP contribution in [0.15, 0.2) is 66.7 Å². The van der Waals surface area contributed by atoms with Gasteiger partial charge < -0.3 is 10.1 Å².